The maximum absolute atomic E-state index is 11.4. The van der Waals surface area contributed by atoms with Gasteiger partial charge in [0, 0.05) is 32.6 Å². The van der Waals surface area contributed by atoms with Crippen LogP contribution in [0.1, 0.15) is 23.6 Å². The van der Waals surface area contributed by atoms with Crippen LogP contribution in [0.3, 0.4) is 0 Å². The molecule has 0 atom stereocenters. The molecule has 0 spiro atoms. The highest BCUT2D eigenvalue weighted by molar-refractivity contribution is 9.10. The highest BCUT2D eigenvalue weighted by Gasteiger charge is 2.14. The van der Waals surface area contributed by atoms with E-state index >= 15 is 0 Å². The molecule has 3 aromatic carbocycles. The van der Waals surface area contributed by atoms with Crippen LogP contribution in [0.4, 0.5) is 5.69 Å². The summed E-state index contributed by atoms with van der Waals surface area (Å²) in [5, 5.41) is 18.3. The number of hydrogen-bond acceptors (Lipinski definition) is 5. The highest BCUT2D eigenvalue weighted by atomic mass is 79.9. The third-order valence-electron chi connectivity index (χ3n) is 5.15. The number of halogens is 1. The van der Waals surface area contributed by atoms with Crippen molar-refractivity contribution in [2.45, 2.75) is 20.4 Å². The second kappa shape index (κ2) is 10.1. The first-order valence-electron chi connectivity index (χ1n) is 10.2. The van der Waals surface area contributed by atoms with Crippen LogP contribution >= 0.6 is 27.3 Å². The van der Waals surface area contributed by atoms with Gasteiger partial charge in [-0.1, -0.05) is 76.6 Å². The molecule has 8 heteroatoms. The van der Waals surface area contributed by atoms with Crippen LogP contribution in [0.25, 0.3) is 11.3 Å². The lowest BCUT2D eigenvalue weighted by atomic mass is 10.1. The minimum atomic E-state index is -0.364. The highest BCUT2D eigenvalue weighted by Crippen LogP contribution is 2.28. The summed E-state index contributed by atoms with van der Waals surface area (Å²) in [4.78, 5) is 16.6. The number of nitro groups is 1. The molecule has 1 aromatic heterocycles. The second-order valence-electron chi connectivity index (χ2n) is 7.44. The number of hydrogen-bond donors (Lipinski definition) is 0. The first-order chi connectivity index (χ1) is 15.9. The monoisotopic (exact) mass is 520 g/mol. The first-order valence-corrected chi connectivity index (χ1v) is 11.9. The van der Waals surface area contributed by atoms with E-state index in [1.807, 2.05) is 77.6 Å². The van der Waals surface area contributed by atoms with Gasteiger partial charge in [0.1, 0.15) is 0 Å². The minimum Gasteiger partial charge on any atom is -0.258 e. The van der Waals surface area contributed by atoms with E-state index in [9.17, 15) is 10.1 Å². The van der Waals surface area contributed by atoms with Crippen molar-refractivity contribution in [2.75, 3.05) is 0 Å². The number of nitrogens with zero attached hydrogens (tertiary/aromatic N) is 4. The number of aryl methyl sites for hydroxylation is 1. The van der Waals surface area contributed by atoms with Crippen molar-refractivity contribution in [3.63, 3.8) is 0 Å². The Kier molecular flexibility index (Phi) is 6.96. The lowest BCUT2D eigenvalue weighted by Crippen LogP contribution is -2.14. The van der Waals surface area contributed by atoms with Crippen LogP contribution in [0.2, 0.25) is 0 Å². The van der Waals surface area contributed by atoms with Crippen molar-refractivity contribution in [2.24, 2.45) is 10.1 Å². The van der Waals surface area contributed by atoms with Gasteiger partial charge < -0.3 is 0 Å². The van der Waals surface area contributed by atoms with Gasteiger partial charge in [-0.15, -0.1) is 11.3 Å². The largest absolute Gasteiger partial charge is 0.272 e. The minimum absolute atomic E-state index is 0.0809. The van der Waals surface area contributed by atoms with Crippen LogP contribution in [-0.2, 0) is 6.54 Å². The normalized spacial score (nSPS) is 12.2. The number of nitro benzene ring substituents is 1. The Morgan fingerprint density at radius 2 is 1.82 bits per heavy atom. The number of aromatic nitrogens is 1. The van der Waals surface area contributed by atoms with E-state index in [0.29, 0.717) is 23.4 Å². The molecular formula is C25H21BrN4O2S. The number of benzene rings is 3. The quantitative estimate of drug-likeness (QED) is 0.164. The molecule has 1 heterocycles. The lowest BCUT2D eigenvalue weighted by molar-refractivity contribution is -0.385. The molecule has 0 radical (unpaired) electrons. The zero-order chi connectivity index (χ0) is 23.4. The summed E-state index contributed by atoms with van der Waals surface area (Å²) < 4.78 is 2.76. The molecule has 4 rings (SSSR count). The first kappa shape index (κ1) is 22.8. The second-order valence-corrected chi connectivity index (χ2v) is 9.13. The molecule has 0 unspecified atom stereocenters. The molecule has 4 aromatic rings. The third-order valence-corrected chi connectivity index (χ3v) is 6.69. The summed E-state index contributed by atoms with van der Waals surface area (Å²) in [6, 6.07) is 23.2. The molecule has 0 fully saturated rings. The SMILES string of the molecule is CC(=Nn1c(-c2ccccc2Br)csc1=NCc1ccccc1)c1ccc(C)c([N+](=O)[O-])c1. The summed E-state index contributed by atoms with van der Waals surface area (Å²) in [7, 11) is 0. The molecule has 33 heavy (non-hydrogen) atoms. The van der Waals surface area contributed by atoms with Gasteiger partial charge in [-0.2, -0.15) is 5.10 Å². The van der Waals surface area contributed by atoms with Gasteiger partial charge in [0.15, 0.2) is 0 Å². The third kappa shape index (κ3) is 5.18. The van der Waals surface area contributed by atoms with Crippen molar-refractivity contribution in [1.29, 1.82) is 0 Å². The van der Waals surface area contributed by atoms with Gasteiger partial charge in [0.05, 0.1) is 22.9 Å². The fourth-order valence-electron chi connectivity index (χ4n) is 3.34. The molecule has 0 N–H and O–H groups in total. The van der Waals surface area contributed by atoms with Crippen molar-refractivity contribution in [3.8, 4) is 11.3 Å². The summed E-state index contributed by atoms with van der Waals surface area (Å²) in [5.74, 6) is 0. The fraction of sp³-hybridized carbons (Fsp3) is 0.120. The molecule has 0 aliphatic heterocycles. The summed E-state index contributed by atoms with van der Waals surface area (Å²) in [5.41, 5.74) is 5.03. The fourth-order valence-corrected chi connectivity index (χ4v) is 4.65. The topological polar surface area (TPSA) is 72.8 Å². The molecule has 166 valence electrons. The Hall–Kier alpha value is -3.36. The lowest BCUT2D eigenvalue weighted by Gasteiger charge is -2.08. The van der Waals surface area contributed by atoms with Crippen LogP contribution in [0.15, 0.2) is 92.7 Å². The van der Waals surface area contributed by atoms with Gasteiger partial charge in [-0.05, 0) is 25.5 Å². The van der Waals surface area contributed by atoms with Crippen LogP contribution in [-0.4, -0.2) is 15.3 Å². The van der Waals surface area contributed by atoms with Crippen LogP contribution in [0.5, 0.6) is 0 Å². The smallest absolute Gasteiger partial charge is 0.258 e. The molecule has 0 aliphatic carbocycles. The Morgan fingerprint density at radius 3 is 2.55 bits per heavy atom. The maximum atomic E-state index is 11.4. The van der Waals surface area contributed by atoms with Crippen molar-refractivity contribution >= 4 is 38.7 Å². The Labute approximate surface area is 203 Å². The van der Waals surface area contributed by atoms with Gasteiger partial charge in [-0.3, -0.25) is 15.1 Å². The van der Waals surface area contributed by atoms with Crippen molar-refractivity contribution in [3.05, 3.63) is 114 Å². The van der Waals surface area contributed by atoms with Crippen molar-refractivity contribution in [1.82, 2.24) is 4.68 Å². The van der Waals surface area contributed by atoms with Gasteiger partial charge in [0.2, 0.25) is 4.80 Å². The van der Waals surface area contributed by atoms with E-state index < -0.39 is 0 Å². The van der Waals surface area contributed by atoms with Crippen LogP contribution < -0.4 is 4.80 Å². The van der Waals surface area contributed by atoms with E-state index in [4.69, 9.17) is 10.1 Å². The molecule has 0 aliphatic rings. The number of rotatable bonds is 6. The number of thiazole rings is 1. The molecule has 0 bridgehead atoms. The standard InChI is InChI=1S/C25H21BrN4O2S/c1-17-12-13-20(14-23(17)30(31)32)18(2)28-29-24(21-10-6-7-11-22(21)26)16-33-25(29)27-15-19-8-4-3-5-9-19/h3-14,16H,15H2,1-2H3. The molecule has 0 saturated heterocycles. The van der Waals surface area contributed by atoms with Crippen molar-refractivity contribution < 1.29 is 4.92 Å². The van der Waals surface area contributed by atoms with Crippen LogP contribution in [0, 0.1) is 17.0 Å². The molecule has 0 amide bonds. The maximum Gasteiger partial charge on any atom is 0.272 e. The Bertz CT molecular complexity index is 1410. The van der Waals surface area contributed by atoms with E-state index in [2.05, 4.69) is 15.9 Å². The predicted molar refractivity (Wildman–Crippen MR) is 137 cm³/mol. The van der Waals surface area contributed by atoms with Gasteiger partial charge in [0.25, 0.3) is 5.69 Å². The zero-order valence-electron chi connectivity index (χ0n) is 18.1. The zero-order valence-corrected chi connectivity index (χ0v) is 20.5. The Balaban J connectivity index is 1.84. The van der Waals surface area contributed by atoms with Gasteiger partial charge in [-0.25, -0.2) is 4.68 Å². The summed E-state index contributed by atoms with van der Waals surface area (Å²) in [6.45, 7) is 4.11. The predicted octanol–water partition coefficient (Wildman–Crippen LogP) is 6.57. The van der Waals surface area contributed by atoms with E-state index in [1.165, 1.54) is 11.3 Å². The van der Waals surface area contributed by atoms with Gasteiger partial charge >= 0.3 is 0 Å². The summed E-state index contributed by atoms with van der Waals surface area (Å²) in [6.07, 6.45) is 0. The Morgan fingerprint density at radius 1 is 1.09 bits per heavy atom. The average Bonchev–Trinajstić information content (AvgIpc) is 3.20. The molecular weight excluding hydrogens is 500 g/mol. The summed E-state index contributed by atoms with van der Waals surface area (Å²) >= 11 is 5.14. The molecule has 6 nitrogen and oxygen atoms in total. The van der Waals surface area contributed by atoms with E-state index in [1.54, 1.807) is 19.1 Å². The van der Waals surface area contributed by atoms with E-state index in [-0.39, 0.29) is 10.6 Å². The average molecular weight is 521 g/mol. The molecule has 0 saturated carbocycles. The van der Waals surface area contributed by atoms with E-state index in [0.717, 1.165) is 26.1 Å².